The van der Waals surface area contributed by atoms with Gasteiger partial charge in [0.15, 0.2) is 5.96 Å². The van der Waals surface area contributed by atoms with E-state index in [-0.39, 0.29) is 5.41 Å². The van der Waals surface area contributed by atoms with E-state index in [0.717, 1.165) is 41.6 Å². The maximum absolute atomic E-state index is 13.0. The fraction of sp³-hybridized carbons (Fsp3) is 0.474. The molecule has 0 aliphatic heterocycles. The Morgan fingerprint density at radius 1 is 1.30 bits per heavy atom. The highest BCUT2D eigenvalue weighted by atomic mass is 32.1. The largest absolute Gasteiger partial charge is 0.416 e. The van der Waals surface area contributed by atoms with Crippen LogP contribution in [0.5, 0.6) is 0 Å². The number of halogens is 3. The van der Waals surface area contributed by atoms with Crippen molar-refractivity contribution in [3.63, 3.8) is 0 Å². The standard InChI is InChI=1S/C19H23F3N4S/c1-13-26-16(11-27-13)6-9-24-17(23-2)25-12-18(7-8-18)14-4-3-5-15(10-14)19(20,21)22/h3-5,10-11H,6-9,12H2,1-2H3,(H2,23,24,25). The summed E-state index contributed by atoms with van der Waals surface area (Å²) in [7, 11) is 1.69. The first kappa shape index (κ1) is 19.7. The molecule has 1 aliphatic rings. The van der Waals surface area contributed by atoms with Gasteiger partial charge in [0.1, 0.15) is 0 Å². The second-order valence-corrected chi connectivity index (χ2v) is 7.88. The molecule has 0 amide bonds. The molecular formula is C19H23F3N4S. The van der Waals surface area contributed by atoms with E-state index in [2.05, 4.69) is 20.6 Å². The number of nitrogens with one attached hydrogen (secondary N) is 2. The summed E-state index contributed by atoms with van der Waals surface area (Å²) in [6, 6.07) is 5.66. The average molecular weight is 396 g/mol. The summed E-state index contributed by atoms with van der Waals surface area (Å²) in [5, 5.41) is 9.59. The van der Waals surface area contributed by atoms with Crippen LogP contribution in [0.2, 0.25) is 0 Å². The molecule has 1 heterocycles. The van der Waals surface area contributed by atoms with Crippen LogP contribution in [0.3, 0.4) is 0 Å². The molecule has 0 saturated heterocycles. The number of aliphatic imine (C=N–C) groups is 1. The third kappa shape index (κ3) is 5.00. The molecule has 1 aromatic heterocycles. The first-order valence-electron chi connectivity index (χ1n) is 8.86. The number of guanidine groups is 1. The molecule has 4 nitrogen and oxygen atoms in total. The van der Waals surface area contributed by atoms with E-state index in [9.17, 15) is 13.2 Å². The minimum atomic E-state index is -4.31. The molecule has 0 unspecified atom stereocenters. The average Bonchev–Trinajstić information content (AvgIpc) is 3.32. The van der Waals surface area contributed by atoms with Gasteiger partial charge in [0, 0.05) is 37.4 Å². The van der Waals surface area contributed by atoms with Crippen LogP contribution in [0.1, 0.15) is 34.7 Å². The van der Waals surface area contributed by atoms with Crippen molar-refractivity contribution < 1.29 is 13.2 Å². The Morgan fingerprint density at radius 3 is 2.67 bits per heavy atom. The van der Waals surface area contributed by atoms with Crippen molar-refractivity contribution in [3.8, 4) is 0 Å². The van der Waals surface area contributed by atoms with Crippen LogP contribution < -0.4 is 10.6 Å². The van der Waals surface area contributed by atoms with Crippen molar-refractivity contribution in [1.82, 2.24) is 15.6 Å². The van der Waals surface area contributed by atoms with E-state index in [4.69, 9.17) is 0 Å². The molecule has 1 fully saturated rings. The van der Waals surface area contributed by atoms with Crippen molar-refractivity contribution in [1.29, 1.82) is 0 Å². The Kier molecular flexibility index (Phi) is 5.74. The van der Waals surface area contributed by atoms with Gasteiger partial charge in [-0.2, -0.15) is 13.2 Å². The number of thiazole rings is 1. The topological polar surface area (TPSA) is 49.3 Å². The zero-order chi connectivity index (χ0) is 19.5. The highest BCUT2D eigenvalue weighted by molar-refractivity contribution is 7.09. The van der Waals surface area contributed by atoms with Gasteiger partial charge < -0.3 is 10.6 Å². The van der Waals surface area contributed by atoms with Crippen LogP contribution in [0.15, 0.2) is 34.6 Å². The maximum Gasteiger partial charge on any atom is 0.416 e. The minimum absolute atomic E-state index is 0.245. The molecule has 3 rings (SSSR count). The summed E-state index contributed by atoms with van der Waals surface area (Å²) in [6.45, 7) is 3.23. The van der Waals surface area contributed by atoms with E-state index in [1.54, 1.807) is 24.5 Å². The predicted molar refractivity (Wildman–Crippen MR) is 102 cm³/mol. The van der Waals surface area contributed by atoms with Gasteiger partial charge >= 0.3 is 6.18 Å². The second-order valence-electron chi connectivity index (χ2n) is 6.82. The Balaban J connectivity index is 1.55. The predicted octanol–water partition coefficient (Wildman–Crippen LogP) is 3.91. The summed E-state index contributed by atoms with van der Waals surface area (Å²) in [6.07, 6.45) is -1.78. The molecular weight excluding hydrogens is 373 g/mol. The Hall–Kier alpha value is -2.09. The number of aryl methyl sites for hydroxylation is 1. The zero-order valence-electron chi connectivity index (χ0n) is 15.4. The van der Waals surface area contributed by atoms with Crippen LogP contribution in [0, 0.1) is 6.92 Å². The number of hydrogen-bond acceptors (Lipinski definition) is 3. The van der Waals surface area contributed by atoms with Gasteiger partial charge in [-0.25, -0.2) is 4.98 Å². The van der Waals surface area contributed by atoms with Crippen LogP contribution >= 0.6 is 11.3 Å². The molecule has 146 valence electrons. The van der Waals surface area contributed by atoms with Gasteiger partial charge in [0.25, 0.3) is 0 Å². The van der Waals surface area contributed by atoms with Gasteiger partial charge in [-0.05, 0) is 31.4 Å². The molecule has 1 aliphatic carbocycles. The summed E-state index contributed by atoms with van der Waals surface area (Å²) < 4.78 is 38.9. The maximum atomic E-state index is 13.0. The normalized spacial score (nSPS) is 16.3. The van der Waals surface area contributed by atoms with Gasteiger partial charge in [-0.3, -0.25) is 4.99 Å². The fourth-order valence-electron chi connectivity index (χ4n) is 3.05. The van der Waals surface area contributed by atoms with Gasteiger partial charge in [0.05, 0.1) is 16.3 Å². The number of hydrogen-bond donors (Lipinski definition) is 2. The van der Waals surface area contributed by atoms with Crippen LogP contribution in [-0.4, -0.2) is 31.1 Å². The van der Waals surface area contributed by atoms with Gasteiger partial charge in [-0.15, -0.1) is 11.3 Å². The van der Waals surface area contributed by atoms with E-state index in [0.29, 0.717) is 19.0 Å². The lowest BCUT2D eigenvalue weighted by Crippen LogP contribution is -2.42. The van der Waals surface area contributed by atoms with E-state index in [1.165, 1.54) is 12.1 Å². The van der Waals surface area contributed by atoms with E-state index in [1.807, 2.05) is 12.3 Å². The smallest absolute Gasteiger partial charge is 0.356 e. The van der Waals surface area contributed by atoms with Crippen molar-refractivity contribution in [3.05, 3.63) is 51.5 Å². The number of nitrogens with zero attached hydrogens (tertiary/aromatic N) is 2. The monoisotopic (exact) mass is 396 g/mol. The number of alkyl halides is 3. The summed E-state index contributed by atoms with van der Waals surface area (Å²) in [4.78, 5) is 8.63. The highest BCUT2D eigenvalue weighted by Crippen LogP contribution is 2.48. The van der Waals surface area contributed by atoms with Crippen molar-refractivity contribution >= 4 is 17.3 Å². The third-order valence-corrected chi connectivity index (χ3v) is 5.64. The number of aromatic nitrogens is 1. The first-order chi connectivity index (χ1) is 12.8. The SMILES string of the molecule is CN=C(NCCc1csc(C)n1)NCC1(c2cccc(C(F)(F)F)c2)CC1. The van der Waals surface area contributed by atoms with Gasteiger partial charge in [-0.1, -0.05) is 18.2 Å². The Bertz CT molecular complexity index is 809. The van der Waals surface area contributed by atoms with Crippen molar-refractivity contribution in [2.45, 2.75) is 37.8 Å². The first-order valence-corrected chi connectivity index (χ1v) is 9.74. The number of rotatable bonds is 6. The quantitative estimate of drug-likeness (QED) is 0.575. The lowest BCUT2D eigenvalue weighted by molar-refractivity contribution is -0.137. The van der Waals surface area contributed by atoms with E-state index >= 15 is 0 Å². The van der Waals surface area contributed by atoms with Crippen LogP contribution in [0.4, 0.5) is 13.2 Å². The molecule has 2 aromatic rings. The Morgan fingerprint density at radius 2 is 2.07 bits per heavy atom. The molecule has 0 radical (unpaired) electrons. The zero-order valence-corrected chi connectivity index (χ0v) is 16.2. The molecule has 0 spiro atoms. The van der Waals surface area contributed by atoms with Crippen molar-refractivity contribution in [2.75, 3.05) is 20.1 Å². The molecule has 27 heavy (non-hydrogen) atoms. The van der Waals surface area contributed by atoms with Crippen molar-refractivity contribution in [2.24, 2.45) is 4.99 Å². The molecule has 2 N–H and O–H groups in total. The second kappa shape index (κ2) is 7.88. The molecule has 1 aromatic carbocycles. The molecule has 0 bridgehead atoms. The lowest BCUT2D eigenvalue weighted by Gasteiger charge is -2.20. The summed E-state index contributed by atoms with van der Waals surface area (Å²) in [5.41, 5.74) is 0.943. The summed E-state index contributed by atoms with van der Waals surface area (Å²) >= 11 is 1.63. The highest BCUT2D eigenvalue weighted by Gasteiger charge is 2.45. The van der Waals surface area contributed by atoms with Crippen LogP contribution in [0.25, 0.3) is 0 Å². The van der Waals surface area contributed by atoms with Crippen LogP contribution in [-0.2, 0) is 18.0 Å². The number of benzene rings is 1. The fourth-order valence-corrected chi connectivity index (χ4v) is 3.70. The molecule has 0 atom stereocenters. The summed E-state index contributed by atoms with van der Waals surface area (Å²) in [5.74, 6) is 0.653. The lowest BCUT2D eigenvalue weighted by atomic mass is 9.94. The molecule has 8 heteroatoms. The Labute approximate surface area is 160 Å². The van der Waals surface area contributed by atoms with E-state index < -0.39 is 11.7 Å². The molecule has 1 saturated carbocycles. The minimum Gasteiger partial charge on any atom is -0.356 e. The third-order valence-electron chi connectivity index (χ3n) is 4.81. The van der Waals surface area contributed by atoms with Gasteiger partial charge in [0.2, 0.25) is 0 Å².